The summed E-state index contributed by atoms with van der Waals surface area (Å²) in [5.41, 5.74) is 2.09. The van der Waals surface area contributed by atoms with Crippen LogP contribution in [0.15, 0.2) is 54.9 Å². The predicted molar refractivity (Wildman–Crippen MR) is 100 cm³/mol. The summed E-state index contributed by atoms with van der Waals surface area (Å²) in [6, 6.07) is 9.73. The number of hydrogen-bond acceptors (Lipinski definition) is 4. The Labute approximate surface area is 160 Å². The van der Waals surface area contributed by atoms with Crippen molar-refractivity contribution < 1.29 is 19.1 Å². The molecule has 2 aromatic heterocycles. The molecular weight excluding hydrogens is 365 g/mol. The van der Waals surface area contributed by atoms with Crippen LogP contribution in [0.4, 0.5) is 15.0 Å². The molecule has 1 atom stereocenters. The normalized spacial score (nSPS) is 11.6. The molecule has 9 heteroatoms. The number of carbonyl (C=O) groups is 2. The van der Waals surface area contributed by atoms with Crippen LogP contribution in [0, 0.1) is 5.82 Å². The summed E-state index contributed by atoms with van der Waals surface area (Å²) in [5, 5.41) is 18.3. The van der Waals surface area contributed by atoms with Crippen molar-refractivity contribution in [2.45, 2.75) is 12.5 Å². The number of halogens is 1. The topological polar surface area (TPSA) is 109 Å². The van der Waals surface area contributed by atoms with Gasteiger partial charge in [0.25, 0.3) is 0 Å². The minimum absolute atomic E-state index is 0.0769. The van der Waals surface area contributed by atoms with Crippen molar-refractivity contribution in [2.75, 3.05) is 5.32 Å². The molecule has 3 aromatic rings. The van der Waals surface area contributed by atoms with E-state index in [0.717, 1.165) is 5.56 Å². The third kappa shape index (κ3) is 4.70. The lowest BCUT2D eigenvalue weighted by molar-refractivity contribution is -0.118. The molecule has 144 valence electrons. The summed E-state index contributed by atoms with van der Waals surface area (Å²) in [4.78, 5) is 27.7. The zero-order chi connectivity index (χ0) is 20.1. The van der Waals surface area contributed by atoms with Gasteiger partial charge in [0.2, 0.25) is 5.91 Å². The molecule has 0 aliphatic rings. The van der Waals surface area contributed by atoms with Crippen LogP contribution >= 0.6 is 0 Å². The summed E-state index contributed by atoms with van der Waals surface area (Å²) in [6.07, 6.45) is 2.02. The number of carbonyl (C=O) groups excluding carboxylic acids is 1. The second kappa shape index (κ2) is 8.30. The number of benzene rings is 1. The SMILES string of the molecule is Cn1nc(-c2ccncc2)cc1NC(=O)C(Cc1ccc(F)cc1)NC(=O)O. The monoisotopic (exact) mass is 383 g/mol. The third-order valence-corrected chi connectivity index (χ3v) is 4.07. The molecular formula is C19H18FN5O3. The van der Waals surface area contributed by atoms with Gasteiger partial charge in [-0.05, 0) is 29.8 Å². The summed E-state index contributed by atoms with van der Waals surface area (Å²) in [5.74, 6) is -0.543. The molecule has 1 unspecified atom stereocenters. The Hall–Kier alpha value is -3.75. The molecule has 0 spiro atoms. The first-order valence-electron chi connectivity index (χ1n) is 8.41. The van der Waals surface area contributed by atoms with E-state index in [0.29, 0.717) is 17.1 Å². The molecule has 0 radical (unpaired) electrons. The third-order valence-electron chi connectivity index (χ3n) is 4.07. The van der Waals surface area contributed by atoms with E-state index in [1.165, 1.54) is 28.9 Å². The Balaban J connectivity index is 1.77. The number of aromatic nitrogens is 3. The summed E-state index contributed by atoms with van der Waals surface area (Å²) in [6.45, 7) is 0. The van der Waals surface area contributed by atoms with Crippen LogP contribution in [0.25, 0.3) is 11.3 Å². The average Bonchev–Trinajstić information content (AvgIpc) is 3.04. The minimum Gasteiger partial charge on any atom is -0.465 e. The highest BCUT2D eigenvalue weighted by Crippen LogP contribution is 2.20. The van der Waals surface area contributed by atoms with Crippen molar-refractivity contribution in [1.29, 1.82) is 0 Å². The van der Waals surface area contributed by atoms with Gasteiger partial charge < -0.3 is 15.7 Å². The van der Waals surface area contributed by atoms with Crippen LogP contribution in [0.3, 0.4) is 0 Å². The van der Waals surface area contributed by atoms with E-state index in [1.807, 2.05) is 0 Å². The van der Waals surface area contributed by atoms with E-state index in [4.69, 9.17) is 5.11 Å². The Morgan fingerprint density at radius 1 is 1.18 bits per heavy atom. The first-order chi connectivity index (χ1) is 13.4. The molecule has 8 nitrogen and oxygen atoms in total. The Morgan fingerprint density at radius 2 is 1.86 bits per heavy atom. The maximum absolute atomic E-state index is 13.1. The maximum atomic E-state index is 13.1. The van der Waals surface area contributed by atoms with Gasteiger partial charge in [0, 0.05) is 37.5 Å². The fourth-order valence-electron chi connectivity index (χ4n) is 2.68. The highest BCUT2D eigenvalue weighted by molar-refractivity contribution is 5.96. The maximum Gasteiger partial charge on any atom is 0.405 e. The number of pyridine rings is 1. The fourth-order valence-corrected chi connectivity index (χ4v) is 2.68. The zero-order valence-electron chi connectivity index (χ0n) is 15.0. The van der Waals surface area contributed by atoms with Crippen molar-refractivity contribution >= 4 is 17.8 Å². The number of nitrogens with zero attached hydrogens (tertiary/aromatic N) is 3. The van der Waals surface area contributed by atoms with Gasteiger partial charge in [-0.25, -0.2) is 9.18 Å². The fraction of sp³-hybridized carbons (Fsp3) is 0.158. The Kier molecular flexibility index (Phi) is 5.64. The van der Waals surface area contributed by atoms with Crippen molar-refractivity contribution in [3.63, 3.8) is 0 Å². The van der Waals surface area contributed by atoms with Gasteiger partial charge in [-0.15, -0.1) is 0 Å². The van der Waals surface area contributed by atoms with E-state index in [1.54, 1.807) is 37.6 Å². The average molecular weight is 383 g/mol. The predicted octanol–water partition coefficient (Wildman–Crippen LogP) is 2.44. The molecule has 0 saturated heterocycles. The molecule has 2 heterocycles. The number of nitrogens with one attached hydrogen (secondary N) is 2. The van der Waals surface area contributed by atoms with E-state index in [2.05, 4.69) is 20.7 Å². The largest absolute Gasteiger partial charge is 0.465 e. The van der Waals surface area contributed by atoms with Gasteiger partial charge in [-0.2, -0.15) is 5.10 Å². The molecule has 0 fully saturated rings. The molecule has 28 heavy (non-hydrogen) atoms. The van der Waals surface area contributed by atoms with Gasteiger partial charge in [-0.1, -0.05) is 12.1 Å². The summed E-state index contributed by atoms with van der Waals surface area (Å²) >= 11 is 0. The number of hydrogen-bond donors (Lipinski definition) is 3. The number of amides is 2. The van der Waals surface area contributed by atoms with Gasteiger partial charge in [-0.3, -0.25) is 14.5 Å². The van der Waals surface area contributed by atoms with Crippen LogP contribution in [-0.4, -0.2) is 37.9 Å². The van der Waals surface area contributed by atoms with Gasteiger partial charge in [0.05, 0.1) is 5.69 Å². The van der Waals surface area contributed by atoms with Crippen molar-refractivity contribution in [3.05, 3.63) is 66.2 Å². The lowest BCUT2D eigenvalue weighted by Crippen LogP contribution is -2.44. The number of anilines is 1. The van der Waals surface area contributed by atoms with Crippen molar-refractivity contribution in [3.8, 4) is 11.3 Å². The van der Waals surface area contributed by atoms with E-state index < -0.39 is 23.9 Å². The van der Waals surface area contributed by atoms with Crippen LogP contribution in [0.5, 0.6) is 0 Å². The summed E-state index contributed by atoms with van der Waals surface area (Å²) in [7, 11) is 1.67. The van der Waals surface area contributed by atoms with Crippen LogP contribution in [0.1, 0.15) is 5.56 Å². The standard InChI is InChI=1S/C19H18FN5O3/c1-25-17(11-15(24-25)13-6-8-21-9-7-13)23-18(26)16(22-19(27)28)10-12-2-4-14(20)5-3-12/h2-9,11,16,22H,10H2,1H3,(H,23,26)(H,27,28). The van der Waals surface area contributed by atoms with E-state index in [-0.39, 0.29) is 6.42 Å². The van der Waals surface area contributed by atoms with Gasteiger partial charge >= 0.3 is 6.09 Å². The molecule has 3 N–H and O–H groups in total. The highest BCUT2D eigenvalue weighted by atomic mass is 19.1. The number of carboxylic acid groups (broad SMARTS) is 1. The Bertz CT molecular complexity index is 973. The van der Waals surface area contributed by atoms with E-state index in [9.17, 15) is 14.0 Å². The van der Waals surface area contributed by atoms with Crippen LogP contribution in [-0.2, 0) is 18.3 Å². The second-order valence-electron chi connectivity index (χ2n) is 6.10. The first kappa shape index (κ1) is 19.0. The molecule has 0 aliphatic carbocycles. The van der Waals surface area contributed by atoms with Gasteiger partial charge in [0.15, 0.2) is 0 Å². The van der Waals surface area contributed by atoms with Crippen molar-refractivity contribution in [2.24, 2.45) is 7.05 Å². The van der Waals surface area contributed by atoms with Crippen molar-refractivity contribution in [1.82, 2.24) is 20.1 Å². The quantitative estimate of drug-likeness (QED) is 0.606. The second-order valence-corrected chi connectivity index (χ2v) is 6.10. The van der Waals surface area contributed by atoms with Crippen LogP contribution < -0.4 is 10.6 Å². The lowest BCUT2D eigenvalue weighted by atomic mass is 10.1. The van der Waals surface area contributed by atoms with Crippen LogP contribution in [0.2, 0.25) is 0 Å². The molecule has 0 aliphatic heterocycles. The minimum atomic E-state index is -1.33. The number of aryl methyl sites for hydroxylation is 1. The number of rotatable bonds is 6. The van der Waals surface area contributed by atoms with E-state index >= 15 is 0 Å². The molecule has 1 aromatic carbocycles. The Morgan fingerprint density at radius 3 is 2.50 bits per heavy atom. The molecule has 0 saturated carbocycles. The highest BCUT2D eigenvalue weighted by Gasteiger charge is 2.22. The molecule has 2 amide bonds. The first-order valence-corrected chi connectivity index (χ1v) is 8.41. The molecule has 3 rings (SSSR count). The molecule has 0 bridgehead atoms. The lowest BCUT2D eigenvalue weighted by Gasteiger charge is -2.17. The zero-order valence-corrected chi connectivity index (χ0v) is 15.0. The summed E-state index contributed by atoms with van der Waals surface area (Å²) < 4.78 is 14.6. The van der Waals surface area contributed by atoms with Gasteiger partial charge in [0.1, 0.15) is 17.7 Å². The smallest absolute Gasteiger partial charge is 0.405 e.